The number of hydrogen-bond donors (Lipinski definition) is 0. The molecule has 0 saturated carbocycles. The molecule has 1 aliphatic rings. The van der Waals surface area contributed by atoms with Crippen LogP contribution in [-0.4, -0.2) is 38.2 Å². The second-order valence-electron chi connectivity index (χ2n) is 6.82. The van der Waals surface area contributed by atoms with Gasteiger partial charge in [0.2, 0.25) is 5.91 Å². The molecule has 3 aromatic rings. The summed E-state index contributed by atoms with van der Waals surface area (Å²) in [6, 6.07) is 17.3. The zero-order valence-corrected chi connectivity index (χ0v) is 15.1. The van der Waals surface area contributed by atoms with Gasteiger partial charge in [-0.15, -0.1) is 0 Å². The number of aromatic nitrogens is 3. The van der Waals surface area contributed by atoms with E-state index in [2.05, 4.69) is 22.1 Å². The van der Waals surface area contributed by atoms with Gasteiger partial charge in [0.15, 0.2) is 0 Å². The Morgan fingerprint density at radius 3 is 2.37 bits per heavy atom. The van der Waals surface area contributed by atoms with E-state index in [9.17, 15) is 9.59 Å². The largest absolute Gasteiger partial charge is 0.351 e. The van der Waals surface area contributed by atoms with Crippen molar-refractivity contribution in [3.8, 4) is 11.3 Å². The summed E-state index contributed by atoms with van der Waals surface area (Å²) in [4.78, 5) is 26.7. The lowest BCUT2D eigenvalue weighted by atomic mass is 10.0. The molecule has 0 spiro atoms. The van der Waals surface area contributed by atoms with Crippen molar-refractivity contribution in [1.82, 2.24) is 19.2 Å². The van der Waals surface area contributed by atoms with E-state index < -0.39 is 0 Å². The first kappa shape index (κ1) is 17.3. The fourth-order valence-electron chi connectivity index (χ4n) is 3.56. The maximum absolute atomic E-state index is 12.7. The highest BCUT2D eigenvalue weighted by Gasteiger charge is 2.23. The summed E-state index contributed by atoms with van der Waals surface area (Å²) in [6.07, 6.45) is 5.99. The summed E-state index contributed by atoms with van der Waals surface area (Å²) >= 11 is 0. The van der Waals surface area contributed by atoms with Gasteiger partial charge in [0.1, 0.15) is 6.54 Å². The first-order chi connectivity index (χ1) is 13.2. The molecule has 0 bridgehead atoms. The highest BCUT2D eigenvalue weighted by atomic mass is 16.2. The lowest BCUT2D eigenvalue weighted by molar-refractivity contribution is -0.133. The number of hydrogen-bond acceptors (Lipinski definition) is 3. The number of carbonyl (C=O) groups is 1. The standard InChI is InChI=1S/C21H22N4O2/c26-20-9-8-19(17-6-2-1-3-7-17)22-25(20)16-21(27)24-14-10-18(11-15-24)23-12-4-5-13-23/h1-9,12-13,18H,10-11,14-16H2. The Kier molecular flexibility index (Phi) is 4.87. The van der Waals surface area contributed by atoms with Gasteiger partial charge in [0, 0.05) is 43.2 Å². The lowest BCUT2D eigenvalue weighted by Crippen LogP contribution is -2.42. The van der Waals surface area contributed by atoms with Crippen LogP contribution in [0.3, 0.4) is 0 Å². The molecule has 1 amide bonds. The van der Waals surface area contributed by atoms with Crippen molar-refractivity contribution >= 4 is 5.91 Å². The van der Waals surface area contributed by atoms with Crippen LogP contribution in [0.25, 0.3) is 11.3 Å². The fraction of sp³-hybridized carbons (Fsp3) is 0.286. The molecule has 1 saturated heterocycles. The van der Waals surface area contributed by atoms with Gasteiger partial charge in [-0.05, 0) is 31.0 Å². The van der Waals surface area contributed by atoms with Crippen molar-refractivity contribution in [3.63, 3.8) is 0 Å². The molecule has 27 heavy (non-hydrogen) atoms. The van der Waals surface area contributed by atoms with Crippen LogP contribution in [0.1, 0.15) is 18.9 Å². The number of rotatable bonds is 4. The van der Waals surface area contributed by atoms with Gasteiger partial charge in [-0.25, -0.2) is 4.68 Å². The van der Waals surface area contributed by atoms with E-state index in [4.69, 9.17) is 0 Å². The predicted octanol–water partition coefficient (Wildman–Crippen LogP) is 2.58. The molecule has 1 aromatic carbocycles. The maximum Gasteiger partial charge on any atom is 0.267 e. The summed E-state index contributed by atoms with van der Waals surface area (Å²) in [5.41, 5.74) is 1.35. The van der Waals surface area contributed by atoms with Crippen LogP contribution in [0.15, 0.2) is 71.8 Å². The monoisotopic (exact) mass is 362 g/mol. The van der Waals surface area contributed by atoms with Gasteiger partial charge in [-0.3, -0.25) is 9.59 Å². The zero-order valence-electron chi connectivity index (χ0n) is 15.1. The molecule has 0 N–H and O–H groups in total. The molecule has 6 heteroatoms. The molecule has 0 radical (unpaired) electrons. The molecule has 1 aliphatic heterocycles. The van der Waals surface area contributed by atoms with E-state index in [0.29, 0.717) is 24.8 Å². The molecule has 0 unspecified atom stereocenters. The fourth-order valence-corrected chi connectivity index (χ4v) is 3.56. The zero-order chi connectivity index (χ0) is 18.6. The molecule has 0 aliphatic carbocycles. The van der Waals surface area contributed by atoms with Crippen LogP contribution in [0, 0.1) is 0 Å². The van der Waals surface area contributed by atoms with E-state index in [-0.39, 0.29) is 18.0 Å². The summed E-state index contributed by atoms with van der Waals surface area (Å²) in [5.74, 6) is -0.0548. The van der Waals surface area contributed by atoms with Crippen LogP contribution in [0.4, 0.5) is 0 Å². The summed E-state index contributed by atoms with van der Waals surface area (Å²) in [7, 11) is 0. The Labute approximate surface area is 157 Å². The normalized spacial score (nSPS) is 15.0. The highest BCUT2D eigenvalue weighted by Crippen LogP contribution is 2.22. The topological polar surface area (TPSA) is 60.1 Å². The van der Waals surface area contributed by atoms with Gasteiger partial charge in [0.05, 0.1) is 5.69 Å². The molecule has 1 fully saturated rings. The Morgan fingerprint density at radius 1 is 0.963 bits per heavy atom. The number of amides is 1. The number of nitrogens with zero attached hydrogens (tertiary/aromatic N) is 4. The minimum Gasteiger partial charge on any atom is -0.351 e. The van der Waals surface area contributed by atoms with Gasteiger partial charge >= 0.3 is 0 Å². The number of carbonyl (C=O) groups excluding carboxylic acids is 1. The van der Waals surface area contributed by atoms with Gasteiger partial charge in [-0.1, -0.05) is 30.3 Å². The minimum absolute atomic E-state index is 0.0201. The first-order valence-corrected chi connectivity index (χ1v) is 9.24. The van der Waals surface area contributed by atoms with Crippen LogP contribution in [-0.2, 0) is 11.3 Å². The van der Waals surface area contributed by atoms with E-state index in [1.165, 1.54) is 10.7 Å². The SMILES string of the molecule is O=C(Cn1nc(-c2ccccc2)ccc1=O)N1CCC(n2cccc2)CC1. The molecular formula is C21H22N4O2. The summed E-state index contributed by atoms with van der Waals surface area (Å²) in [5, 5.41) is 4.39. The average Bonchev–Trinajstić information content (AvgIpc) is 3.25. The number of likely N-dealkylation sites (tertiary alicyclic amines) is 1. The Bertz CT molecular complexity index is 955. The summed E-state index contributed by atoms with van der Waals surface area (Å²) in [6.45, 7) is 1.39. The van der Waals surface area contributed by atoms with Crippen molar-refractivity contribution < 1.29 is 4.79 Å². The smallest absolute Gasteiger partial charge is 0.267 e. The molecule has 2 aromatic heterocycles. The van der Waals surface area contributed by atoms with E-state index in [0.717, 1.165) is 18.4 Å². The Morgan fingerprint density at radius 2 is 1.67 bits per heavy atom. The number of benzene rings is 1. The van der Waals surface area contributed by atoms with Crippen LogP contribution in [0.2, 0.25) is 0 Å². The van der Waals surface area contributed by atoms with Gasteiger partial charge < -0.3 is 9.47 Å². The molecule has 0 atom stereocenters. The molecule has 3 heterocycles. The average molecular weight is 362 g/mol. The van der Waals surface area contributed by atoms with Crippen molar-refractivity contribution in [2.24, 2.45) is 0 Å². The van der Waals surface area contributed by atoms with Crippen molar-refractivity contribution in [3.05, 3.63) is 77.3 Å². The molecule has 138 valence electrons. The van der Waals surface area contributed by atoms with Gasteiger partial charge in [-0.2, -0.15) is 5.10 Å². The Hall–Kier alpha value is -3.15. The van der Waals surface area contributed by atoms with E-state index in [1.54, 1.807) is 6.07 Å². The minimum atomic E-state index is -0.259. The maximum atomic E-state index is 12.7. The van der Waals surface area contributed by atoms with Crippen molar-refractivity contribution in [2.75, 3.05) is 13.1 Å². The van der Waals surface area contributed by atoms with E-state index in [1.807, 2.05) is 47.4 Å². The summed E-state index contributed by atoms with van der Waals surface area (Å²) < 4.78 is 3.47. The molecular weight excluding hydrogens is 340 g/mol. The third-order valence-electron chi connectivity index (χ3n) is 5.09. The first-order valence-electron chi connectivity index (χ1n) is 9.24. The van der Waals surface area contributed by atoms with E-state index >= 15 is 0 Å². The third-order valence-corrected chi connectivity index (χ3v) is 5.09. The quantitative estimate of drug-likeness (QED) is 0.717. The van der Waals surface area contributed by atoms with Crippen molar-refractivity contribution in [1.29, 1.82) is 0 Å². The molecule has 4 rings (SSSR count). The van der Waals surface area contributed by atoms with Gasteiger partial charge in [0.25, 0.3) is 5.56 Å². The lowest BCUT2D eigenvalue weighted by Gasteiger charge is -2.32. The third kappa shape index (κ3) is 3.84. The highest BCUT2D eigenvalue weighted by molar-refractivity contribution is 5.76. The second kappa shape index (κ2) is 7.61. The van der Waals surface area contributed by atoms with Crippen LogP contribution >= 0.6 is 0 Å². The Balaban J connectivity index is 1.43. The van der Waals surface area contributed by atoms with Crippen molar-refractivity contribution in [2.45, 2.75) is 25.4 Å². The van der Waals surface area contributed by atoms with Crippen LogP contribution < -0.4 is 5.56 Å². The molecule has 6 nitrogen and oxygen atoms in total. The number of piperidine rings is 1. The van der Waals surface area contributed by atoms with Crippen LogP contribution in [0.5, 0.6) is 0 Å². The predicted molar refractivity (Wildman–Crippen MR) is 103 cm³/mol. The second-order valence-corrected chi connectivity index (χ2v) is 6.82.